The van der Waals surface area contributed by atoms with Crippen LogP contribution < -0.4 is 0 Å². The van der Waals surface area contributed by atoms with E-state index in [9.17, 15) is 4.57 Å². The summed E-state index contributed by atoms with van der Waals surface area (Å²) in [4.78, 5) is 9.37. The minimum atomic E-state index is -2.32. The molecule has 97 valence electrons. The molecule has 0 N–H and O–H groups in total. The van der Waals surface area contributed by atoms with E-state index in [1.165, 1.54) is 0 Å². The molecule has 0 amide bonds. The fraction of sp³-hybridized carbons (Fsp3) is 1.00. The Kier molecular flexibility index (Phi) is 13.0. The van der Waals surface area contributed by atoms with Gasteiger partial charge in [-0.25, -0.2) is 14.3 Å². The largest absolute Gasteiger partial charge is 0.427 e. The summed E-state index contributed by atoms with van der Waals surface area (Å²) in [6.07, 6.45) is 6.11. The molecule has 5 nitrogen and oxygen atoms in total. The van der Waals surface area contributed by atoms with Gasteiger partial charge in [0.05, 0.1) is 13.2 Å². The molecule has 0 fully saturated rings. The Morgan fingerprint density at radius 1 is 0.812 bits per heavy atom. The maximum atomic E-state index is 11.0. The van der Waals surface area contributed by atoms with Crippen molar-refractivity contribution < 1.29 is 23.7 Å². The van der Waals surface area contributed by atoms with E-state index < -0.39 is 8.25 Å². The summed E-state index contributed by atoms with van der Waals surface area (Å²) < 4.78 is 19.9. The molecule has 0 aromatic rings. The molecule has 6 heteroatoms. The van der Waals surface area contributed by atoms with Gasteiger partial charge in [-0.05, 0) is 12.8 Å². The third-order valence-electron chi connectivity index (χ3n) is 1.89. The van der Waals surface area contributed by atoms with Crippen LogP contribution in [0.4, 0.5) is 0 Å². The lowest BCUT2D eigenvalue weighted by Gasteiger charge is -2.02. The van der Waals surface area contributed by atoms with E-state index in [0.29, 0.717) is 13.2 Å². The topological polar surface area (TPSA) is 54.0 Å². The first-order valence-corrected chi connectivity index (χ1v) is 6.97. The monoisotopic (exact) mass is 253 g/mol. The van der Waals surface area contributed by atoms with Crippen LogP contribution in [0.2, 0.25) is 0 Å². The highest BCUT2D eigenvalue weighted by Crippen LogP contribution is 2.24. The van der Waals surface area contributed by atoms with Crippen molar-refractivity contribution >= 4 is 8.25 Å². The lowest BCUT2D eigenvalue weighted by molar-refractivity contribution is -0.259. The highest BCUT2D eigenvalue weighted by atomic mass is 31.1. The van der Waals surface area contributed by atoms with E-state index in [1.807, 2.05) is 0 Å². The Balaban J connectivity index is 3.12. The van der Waals surface area contributed by atoms with Crippen molar-refractivity contribution in [1.82, 2.24) is 0 Å². The summed E-state index contributed by atoms with van der Waals surface area (Å²) in [6, 6.07) is 0. The second kappa shape index (κ2) is 13.0. The van der Waals surface area contributed by atoms with Crippen LogP contribution in [0.3, 0.4) is 0 Å². The molecule has 0 aliphatic carbocycles. The van der Waals surface area contributed by atoms with Gasteiger partial charge in [-0.1, -0.05) is 39.5 Å². The second-order valence-corrected chi connectivity index (χ2v) is 4.18. The van der Waals surface area contributed by atoms with E-state index >= 15 is 0 Å². The zero-order valence-corrected chi connectivity index (χ0v) is 11.0. The maximum absolute atomic E-state index is 11.0. The SMILES string of the molecule is CCCCCOO[P](=O)OOCCCCC. The Bertz CT molecular complexity index is 149. The number of unbranched alkanes of at least 4 members (excludes halogenated alkanes) is 4. The molecule has 0 heterocycles. The van der Waals surface area contributed by atoms with Crippen molar-refractivity contribution in [3.05, 3.63) is 0 Å². The normalized spacial score (nSPS) is 10.6. The molecule has 0 spiro atoms. The Morgan fingerprint density at radius 3 is 1.62 bits per heavy atom. The quantitative estimate of drug-likeness (QED) is 0.228. The van der Waals surface area contributed by atoms with E-state index in [-0.39, 0.29) is 0 Å². The summed E-state index contributed by atoms with van der Waals surface area (Å²) in [5.41, 5.74) is 0. The predicted octanol–water partition coefficient (Wildman–Crippen LogP) is 3.92. The Labute approximate surface area is 98.2 Å². The van der Waals surface area contributed by atoms with Crippen molar-refractivity contribution in [2.75, 3.05) is 13.2 Å². The standard InChI is InChI=1S/C10H22O5P/c1-3-5-7-9-12-14-16(11)15-13-10-8-6-4-2/h3-10H2,1-2H3. The molecular weight excluding hydrogens is 231 g/mol. The van der Waals surface area contributed by atoms with Gasteiger partial charge < -0.3 is 0 Å². The first-order valence-electron chi connectivity index (χ1n) is 5.87. The smallest absolute Gasteiger partial charge is 0.223 e. The van der Waals surface area contributed by atoms with Gasteiger partial charge in [-0.2, -0.15) is 0 Å². The molecule has 0 unspecified atom stereocenters. The van der Waals surface area contributed by atoms with Crippen LogP contribution in [0, 0.1) is 0 Å². The van der Waals surface area contributed by atoms with Crippen molar-refractivity contribution in [2.24, 2.45) is 0 Å². The lowest BCUT2D eigenvalue weighted by atomic mass is 10.3. The van der Waals surface area contributed by atoms with Gasteiger partial charge in [0.2, 0.25) is 0 Å². The van der Waals surface area contributed by atoms with E-state index in [2.05, 4.69) is 33.0 Å². The van der Waals surface area contributed by atoms with Gasteiger partial charge in [0, 0.05) is 0 Å². The highest BCUT2D eigenvalue weighted by molar-refractivity contribution is 7.32. The molecular formula is C10H22O5P. The summed E-state index contributed by atoms with van der Waals surface area (Å²) in [5, 5.41) is 0. The van der Waals surface area contributed by atoms with Crippen LogP contribution in [0.5, 0.6) is 0 Å². The summed E-state index contributed by atoms with van der Waals surface area (Å²) >= 11 is 0. The molecule has 0 aliphatic rings. The van der Waals surface area contributed by atoms with Crippen LogP contribution in [-0.2, 0) is 23.7 Å². The first-order chi connectivity index (χ1) is 7.81. The molecule has 16 heavy (non-hydrogen) atoms. The molecule has 1 radical (unpaired) electrons. The number of hydrogen-bond donors (Lipinski definition) is 0. The zero-order chi connectivity index (χ0) is 12.1. The molecule has 0 aromatic carbocycles. The summed E-state index contributed by atoms with van der Waals surface area (Å²) in [7, 11) is -2.32. The zero-order valence-electron chi connectivity index (χ0n) is 10.1. The lowest BCUT2D eigenvalue weighted by Crippen LogP contribution is -1.95. The summed E-state index contributed by atoms with van der Waals surface area (Å²) in [5.74, 6) is 0. The Hall–Kier alpha value is -0.0600. The minimum Gasteiger partial charge on any atom is -0.223 e. The van der Waals surface area contributed by atoms with Gasteiger partial charge in [0.25, 0.3) is 0 Å². The molecule has 0 saturated heterocycles. The van der Waals surface area contributed by atoms with Crippen LogP contribution in [0.1, 0.15) is 52.4 Å². The fourth-order valence-corrected chi connectivity index (χ4v) is 1.34. The fourth-order valence-electron chi connectivity index (χ4n) is 0.995. The van der Waals surface area contributed by atoms with Gasteiger partial charge >= 0.3 is 8.25 Å². The molecule has 0 bridgehead atoms. The van der Waals surface area contributed by atoms with E-state index in [4.69, 9.17) is 0 Å². The molecule has 0 rings (SSSR count). The first kappa shape index (κ1) is 15.9. The number of hydrogen-bond acceptors (Lipinski definition) is 5. The molecule has 0 saturated carbocycles. The van der Waals surface area contributed by atoms with Gasteiger partial charge in [-0.3, -0.25) is 0 Å². The maximum Gasteiger partial charge on any atom is 0.427 e. The molecule has 0 atom stereocenters. The van der Waals surface area contributed by atoms with Gasteiger partial charge in [0.1, 0.15) is 0 Å². The van der Waals surface area contributed by atoms with Crippen LogP contribution in [0.25, 0.3) is 0 Å². The minimum absolute atomic E-state index is 0.425. The Morgan fingerprint density at radius 2 is 1.25 bits per heavy atom. The number of rotatable bonds is 12. The third-order valence-corrected chi connectivity index (χ3v) is 2.34. The van der Waals surface area contributed by atoms with Crippen LogP contribution >= 0.6 is 8.25 Å². The van der Waals surface area contributed by atoms with Gasteiger partial charge in [-0.15, -0.1) is 9.35 Å². The van der Waals surface area contributed by atoms with Crippen LogP contribution in [0.15, 0.2) is 0 Å². The van der Waals surface area contributed by atoms with Crippen molar-refractivity contribution in [3.8, 4) is 0 Å². The second-order valence-electron chi connectivity index (χ2n) is 3.43. The predicted molar refractivity (Wildman–Crippen MR) is 60.7 cm³/mol. The van der Waals surface area contributed by atoms with E-state index in [0.717, 1.165) is 38.5 Å². The average Bonchev–Trinajstić information content (AvgIpc) is 2.28. The molecule has 0 aromatic heterocycles. The van der Waals surface area contributed by atoms with Crippen molar-refractivity contribution in [2.45, 2.75) is 52.4 Å². The summed E-state index contributed by atoms with van der Waals surface area (Å²) in [6.45, 7) is 5.03. The van der Waals surface area contributed by atoms with E-state index in [1.54, 1.807) is 0 Å². The van der Waals surface area contributed by atoms with Crippen LogP contribution in [-0.4, -0.2) is 13.2 Å². The van der Waals surface area contributed by atoms with Crippen molar-refractivity contribution in [3.63, 3.8) is 0 Å². The van der Waals surface area contributed by atoms with Gasteiger partial charge in [0.15, 0.2) is 0 Å². The average molecular weight is 253 g/mol. The highest BCUT2D eigenvalue weighted by Gasteiger charge is 2.04. The molecule has 0 aliphatic heterocycles. The third kappa shape index (κ3) is 12.0. The van der Waals surface area contributed by atoms with Crippen molar-refractivity contribution in [1.29, 1.82) is 0 Å².